The maximum atomic E-state index is 13.4. The van der Waals surface area contributed by atoms with Crippen LogP contribution in [-0.4, -0.2) is 75.9 Å². The van der Waals surface area contributed by atoms with Gasteiger partial charge in [0, 0.05) is 11.8 Å². The molecule has 10 rings (SSSR count). The molecule has 0 amide bonds. The highest BCUT2D eigenvalue weighted by molar-refractivity contribution is 9.09. The van der Waals surface area contributed by atoms with Crippen molar-refractivity contribution in [1.29, 1.82) is 0 Å². The van der Waals surface area contributed by atoms with Crippen LogP contribution in [0, 0.1) is 81.8 Å². The van der Waals surface area contributed by atoms with Crippen LogP contribution in [0.2, 0.25) is 0 Å². The predicted octanol–water partition coefficient (Wildman–Crippen LogP) is 11.4. The van der Waals surface area contributed by atoms with Gasteiger partial charge >= 0.3 is 0 Å². The van der Waals surface area contributed by atoms with Gasteiger partial charge in [-0.15, -0.1) is 0 Å². The number of likely N-dealkylation sites (tertiary alicyclic amines) is 1. The van der Waals surface area contributed by atoms with E-state index in [0.29, 0.717) is 28.7 Å². The van der Waals surface area contributed by atoms with Gasteiger partial charge in [0.1, 0.15) is 11.6 Å². The van der Waals surface area contributed by atoms with E-state index in [2.05, 4.69) is 46.9 Å². The first-order chi connectivity index (χ1) is 28.2. The molecule has 0 aromatic rings. The summed E-state index contributed by atoms with van der Waals surface area (Å²) >= 11 is 3.42. The fraction of sp³-hybridized carbons (Fsp3) is 0.962. The molecule has 8 aliphatic carbocycles. The van der Waals surface area contributed by atoms with Crippen molar-refractivity contribution in [1.82, 2.24) is 10.2 Å². The maximum Gasteiger partial charge on any atom is 0.150 e. The Hall–Kier alpha value is -0.340. The minimum atomic E-state index is -0.420. The first-order valence-corrected chi connectivity index (χ1v) is 26.8. The van der Waals surface area contributed by atoms with Crippen LogP contribution in [0.4, 0.5) is 0 Å². The molecule has 344 valence electrons. The highest BCUT2D eigenvalue weighted by Crippen LogP contribution is 2.66. The fourth-order valence-electron chi connectivity index (χ4n) is 17.6. The number of aliphatic hydroxyl groups is 2. The first kappa shape index (κ1) is 47.6. The summed E-state index contributed by atoms with van der Waals surface area (Å²) in [5.74, 6) is 9.82. The van der Waals surface area contributed by atoms with E-state index in [9.17, 15) is 19.8 Å². The SMILES string of the molecule is C.C1CCNCC1.C[C@@]1(O)CC[C@H]2[C@H](CC[C@@H]3[C@@H]2CC[C@]2(C)[C@@H](C(=O)CBr)CC[C@@H]32)C1.C[C@@]1(O)CC[C@H]2[C@H](CC[C@@H]3[C@@H]2CC[C@]2(C)[C@@H](C(=O)CN4CCCCC4)CC[C@@H]32)C1. The Labute approximate surface area is 376 Å². The van der Waals surface area contributed by atoms with Gasteiger partial charge in [0.05, 0.1) is 23.1 Å². The second-order valence-corrected chi connectivity index (χ2v) is 24.5. The van der Waals surface area contributed by atoms with Gasteiger partial charge in [-0.05, 0) is 251 Å². The number of Topliss-reactive ketones (excluding diaryl/α,β-unsaturated/α-hetero) is 2. The van der Waals surface area contributed by atoms with E-state index in [-0.39, 0.29) is 18.3 Å². The summed E-state index contributed by atoms with van der Waals surface area (Å²) in [5, 5.41) is 24.9. The Morgan fingerprint density at radius 2 is 1.00 bits per heavy atom. The molecule has 6 nitrogen and oxygen atoms in total. The van der Waals surface area contributed by atoms with Gasteiger partial charge in [-0.3, -0.25) is 14.5 Å². The maximum absolute atomic E-state index is 13.4. The molecule has 0 unspecified atom stereocenters. The number of nitrogens with zero attached hydrogens (tertiary/aromatic N) is 1. The van der Waals surface area contributed by atoms with Crippen molar-refractivity contribution < 1.29 is 19.8 Å². The van der Waals surface area contributed by atoms with Crippen molar-refractivity contribution in [2.75, 3.05) is 38.1 Å². The molecule has 8 saturated carbocycles. The Morgan fingerprint density at radius 1 is 0.550 bits per heavy atom. The van der Waals surface area contributed by atoms with Crippen LogP contribution < -0.4 is 5.32 Å². The third kappa shape index (κ3) is 9.77. The molecular formula is C53H91BrN2O4. The van der Waals surface area contributed by atoms with Crippen molar-refractivity contribution in [3.63, 3.8) is 0 Å². The predicted molar refractivity (Wildman–Crippen MR) is 250 cm³/mol. The smallest absolute Gasteiger partial charge is 0.150 e. The number of piperidine rings is 2. The lowest BCUT2D eigenvalue weighted by molar-refractivity contribution is -0.133. The number of carbonyl (C=O) groups excluding carboxylic acids is 2. The molecule has 7 heteroatoms. The van der Waals surface area contributed by atoms with E-state index in [4.69, 9.17) is 0 Å². The van der Waals surface area contributed by atoms with Crippen molar-refractivity contribution in [2.24, 2.45) is 81.8 Å². The summed E-state index contributed by atoms with van der Waals surface area (Å²) in [4.78, 5) is 28.3. The van der Waals surface area contributed by atoms with Gasteiger partial charge in [0.15, 0.2) is 0 Å². The summed E-state index contributed by atoms with van der Waals surface area (Å²) in [5.41, 5.74) is -0.311. The Kier molecular flexibility index (Phi) is 15.6. The average molecular weight is 900 g/mol. The topological polar surface area (TPSA) is 89.9 Å². The Morgan fingerprint density at radius 3 is 1.43 bits per heavy atom. The van der Waals surface area contributed by atoms with Gasteiger partial charge in [0.25, 0.3) is 0 Å². The van der Waals surface area contributed by atoms with Crippen LogP contribution >= 0.6 is 15.9 Å². The summed E-state index contributed by atoms with van der Waals surface area (Å²) in [6.45, 7) is 14.5. The molecule has 16 atom stereocenters. The molecular weight excluding hydrogens is 808 g/mol. The van der Waals surface area contributed by atoms with Gasteiger partial charge < -0.3 is 15.5 Å². The van der Waals surface area contributed by atoms with E-state index in [1.807, 2.05) is 6.92 Å². The third-order valence-corrected chi connectivity index (χ3v) is 21.0. The molecule has 2 heterocycles. The lowest BCUT2D eigenvalue weighted by Crippen LogP contribution is -2.51. The minimum Gasteiger partial charge on any atom is -0.390 e. The summed E-state index contributed by atoms with van der Waals surface area (Å²) < 4.78 is 0. The normalized spacial score (nSPS) is 48.3. The quantitative estimate of drug-likeness (QED) is 0.238. The van der Waals surface area contributed by atoms with Crippen molar-refractivity contribution in [3.8, 4) is 0 Å². The number of fused-ring (bicyclic) bond motifs is 10. The van der Waals surface area contributed by atoms with Gasteiger partial charge in [0.2, 0.25) is 0 Å². The average Bonchev–Trinajstić information content (AvgIpc) is 3.78. The van der Waals surface area contributed by atoms with E-state index in [1.54, 1.807) is 0 Å². The Bertz CT molecular complexity index is 1430. The van der Waals surface area contributed by atoms with Crippen LogP contribution in [0.1, 0.15) is 189 Å². The van der Waals surface area contributed by atoms with Crippen LogP contribution in [0.5, 0.6) is 0 Å². The number of hydrogen-bond donors (Lipinski definition) is 3. The molecule has 2 aliphatic heterocycles. The van der Waals surface area contributed by atoms with Crippen LogP contribution in [0.15, 0.2) is 0 Å². The van der Waals surface area contributed by atoms with Gasteiger partial charge in [-0.25, -0.2) is 0 Å². The molecule has 2 saturated heterocycles. The molecule has 10 aliphatic rings. The molecule has 60 heavy (non-hydrogen) atoms. The molecule has 3 N–H and O–H groups in total. The third-order valence-electron chi connectivity index (χ3n) is 20.4. The van der Waals surface area contributed by atoms with Crippen molar-refractivity contribution in [2.45, 2.75) is 200 Å². The largest absolute Gasteiger partial charge is 0.390 e. The number of halogens is 1. The van der Waals surface area contributed by atoms with Gasteiger partial charge in [-0.2, -0.15) is 0 Å². The standard InChI is InChI=1S/C26H43NO2.C21H33BrO2.C5H11N.CH4/c1-25(29)12-10-19-18(16-25)6-7-21-20(19)11-13-26(2)22(21)8-9-23(26)24(28)17-27-14-4-3-5-15-27;1-20(24)9-7-14-13(11-20)3-4-16-15(14)8-10-21(2)17(16)5-6-18(21)19(23)12-22;1-2-4-6-5-3-1;/h18-23,29H,3-17H2,1-2H3;13-18,24H,3-12H2,1-2H3;6H,1-5H2;1H4/t18-,19+,20-,21-,22+,23-,25-,26+;13-,14+,15-,16-,17+,18-,20-,21+;;/m11../s1. The Balaban J connectivity index is 0.000000159. The lowest BCUT2D eigenvalue weighted by Gasteiger charge is -2.57. The van der Waals surface area contributed by atoms with E-state index >= 15 is 0 Å². The second kappa shape index (κ2) is 19.6. The highest BCUT2D eigenvalue weighted by Gasteiger charge is 2.60. The van der Waals surface area contributed by atoms with Gasteiger partial charge in [-0.1, -0.05) is 50.0 Å². The molecule has 0 spiro atoms. The molecule has 0 aromatic heterocycles. The number of nitrogens with one attached hydrogen (secondary N) is 1. The lowest BCUT2D eigenvalue weighted by atomic mass is 9.49. The second-order valence-electron chi connectivity index (χ2n) is 23.9. The number of alkyl halides is 1. The molecule has 0 radical (unpaired) electrons. The first-order valence-electron chi connectivity index (χ1n) is 25.7. The summed E-state index contributed by atoms with van der Waals surface area (Å²) in [6, 6.07) is 0. The molecule has 0 bridgehead atoms. The van der Waals surface area contributed by atoms with E-state index in [0.717, 1.165) is 117 Å². The molecule has 0 aromatic carbocycles. The van der Waals surface area contributed by atoms with Crippen LogP contribution in [0.25, 0.3) is 0 Å². The monoisotopic (exact) mass is 899 g/mol. The number of hydrogen-bond acceptors (Lipinski definition) is 6. The van der Waals surface area contributed by atoms with E-state index < -0.39 is 11.2 Å². The molecule has 10 fully saturated rings. The van der Waals surface area contributed by atoms with E-state index in [1.165, 1.54) is 129 Å². The summed E-state index contributed by atoms with van der Waals surface area (Å²) in [6.07, 6.45) is 30.0. The summed E-state index contributed by atoms with van der Waals surface area (Å²) in [7, 11) is 0. The van der Waals surface area contributed by atoms with Crippen molar-refractivity contribution in [3.05, 3.63) is 0 Å². The fourth-order valence-corrected chi connectivity index (χ4v) is 18.0. The minimum absolute atomic E-state index is 0. The van der Waals surface area contributed by atoms with Crippen LogP contribution in [-0.2, 0) is 9.59 Å². The zero-order chi connectivity index (χ0) is 41.6. The highest BCUT2D eigenvalue weighted by atomic mass is 79.9. The van der Waals surface area contributed by atoms with Crippen molar-refractivity contribution >= 4 is 27.5 Å². The van der Waals surface area contributed by atoms with Crippen LogP contribution in [0.3, 0.4) is 0 Å². The number of rotatable bonds is 5. The zero-order valence-electron chi connectivity index (χ0n) is 38.2. The number of ketones is 2. The number of carbonyl (C=O) groups is 2. The zero-order valence-corrected chi connectivity index (χ0v) is 39.8.